The Labute approximate surface area is 152 Å². The third kappa shape index (κ3) is 3.66. The summed E-state index contributed by atoms with van der Waals surface area (Å²) in [7, 11) is 0. The predicted molar refractivity (Wildman–Crippen MR) is 92.4 cm³/mol. The highest BCUT2D eigenvalue weighted by molar-refractivity contribution is 5.90. The first-order valence-electron chi connectivity index (χ1n) is 8.26. The van der Waals surface area contributed by atoms with Gasteiger partial charge in [-0.05, 0) is 31.0 Å². The number of nitrogens with one attached hydrogen (secondary N) is 1. The van der Waals surface area contributed by atoms with Crippen molar-refractivity contribution in [3.8, 4) is 11.6 Å². The second-order valence-electron chi connectivity index (χ2n) is 5.90. The lowest BCUT2D eigenvalue weighted by molar-refractivity contribution is 0.0743. The molecule has 1 amide bonds. The number of likely N-dealkylation sites (tertiary alicyclic amines) is 1. The van der Waals surface area contributed by atoms with Crippen LogP contribution in [0.4, 0.5) is 22.0 Å². The molecule has 4 rings (SSSR count). The largest absolute Gasteiger partial charge is 0.368 e. The summed E-state index contributed by atoms with van der Waals surface area (Å²) in [5.41, 5.74) is 6.14. The first kappa shape index (κ1) is 16.8. The number of rotatable bonds is 4. The molecule has 10 nitrogen and oxygen atoms in total. The van der Waals surface area contributed by atoms with Crippen molar-refractivity contribution in [1.29, 1.82) is 0 Å². The monoisotopic (exact) mass is 370 g/mol. The number of nitrogen functional groups attached to an aromatic ring is 1. The Morgan fingerprint density at radius 2 is 1.96 bits per heavy atom. The van der Waals surface area contributed by atoms with Crippen molar-refractivity contribution in [3.05, 3.63) is 36.0 Å². The lowest BCUT2D eigenvalue weighted by Crippen LogP contribution is -2.27. The molecule has 2 aromatic heterocycles. The zero-order valence-corrected chi connectivity index (χ0v) is 14.1. The van der Waals surface area contributed by atoms with Gasteiger partial charge in [-0.3, -0.25) is 4.79 Å². The van der Waals surface area contributed by atoms with E-state index in [9.17, 15) is 9.18 Å². The van der Waals surface area contributed by atoms with Crippen LogP contribution in [0.25, 0.3) is 11.6 Å². The minimum atomic E-state index is -0.412. The molecular weight excluding hydrogens is 355 g/mol. The fourth-order valence-electron chi connectivity index (χ4n) is 2.70. The minimum absolute atomic E-state index is 0.00828. The van der Waals surface area contributed by atoms with Crippen molar-refractivity contribution >= 4 is 23.5 Å². The van der Waals surface area contributed by atoms with E-state index in [1.165, 1.54) is 12.1 Å². The fourth-order valence-corrected chi connectivity index (χ4v) is 2.70. The Hall–Kier alpha value is -3.63. The molecule has 27 heavy (non-hydrogen) atoms. The Balaban J connectivity index is 1.59. The van der Waals surface area contributed by atoms with Crippen LogP contribution in [0.3, 0.4) is 0 Å². The molecule has 0 radical (unpaired) electrons. The molecule has 3 heterocycles. The molecule has 0 saturated carbocycles. The molecule has 1 saturated heterocycles. The quantitative estimate of drug-likeness (QED) is 0.702. The molecule has 0 spiro atoms. The standard InChI is InChI=1S/C16H15FN8O2/c17-9-4-3-5-10(8-9)19-16-22-11(21-15(18)23-16)12-20-13(27-24-12)14(26)25-6-1-2-7-25/h3-5,8H,1-2,6-7H2,(H3,18,19,21,22,23). The van der Waals surface area contributed by atoms with E-state index >= 15 is 0 Å². The summed E-state index contributed by atoms with van der Waals surface area (Å²) < 4.78 is 18.4. The lowest BCUT2D eigenvalue weighted by atomic mass is 10.3. The van der Waals surface area contributed by atoms with Gasteiger partial charge in [0.05, 0.1) is 0 Å². The van der Waals surface area contributed by atoms with Crippen LogP contribution < -0.4 is 11.1 Å². The number of halogens is 1. The Morgan fingerprint density at radius 3 is 2.74 bits per heavy atom. The molecule has 0 aliphatic carbocycles. The maximum atomic E-state index is 13.3. The third-order valence-corrected chi connectivity index (χ3v) is 3.94. The zero-order valence-electron chi connectivity index (χ0n) is 14.1. The number of hydrogen-bond acceptors (Lipinski definition) is 9. The van der Waals surface area contributed by atoms with Crippen LogP contribution in [0, 0.1) is 5.82 Å². The highest BCUT2D eigenvalue weighted by atomic mass is 19.1. The van der Waals surface area contributed by atoms with Crippen LogP contribution in [-0.2, 0) is 0 Å². The highest BCUT2D eigenvalue weighted by Gasteiger charge is 2.25. The van der Waals surface area contributed by atoms with Gasteiger partial charge in [-0.15, -0.1) is 0 Å². The maximum absolute atomic E-state index is 13.3. The first-order chi connectivity index (χ1) is 13.1. The van der Waals surface area contributed by atoms with Gasteiger partial charge < -0.3 is 20.5 Å². The Kier molecular flexibility index (Phi) is 4.32. The van der Waals surface area contributed by atoms with Gasteiger partial charge in [0.25, 0.3) is 0 Å². The van der Waals surface area contributed by atoms with Crippen LogP contribution in [-0.4, -0.2) is 49.0 Å². The van der Waals surface area contributed by atoms with E-state index in [1.54, 1.807) is 17.0 Å². The molecular formula is C16H15FN8O2. The fraction of sp³-hybridized carbons (Fsp3) is 0.250. The maximum Gasteiger partial charge on any atom is 0.316 e. The number of carbonyl (C=O) groups excluding carboxylic acids is 1. The van der Waals surface area contributed by atoms with E-state index in [2.05, 4.69) is 30.4 Å². The summed E-state index contributed by atoms with van der Waals surface area (Å²) in [6.45, 7) is 1.33. The van der Waals surface area contributed by atoms with Gasteiger partial charge in [0.2, 0.25) is 23.5 Å². The van der Waals surface area contributed by atoms with E-state index in [1.807, 2.05) is 0 Å². The third-order valence-electron chi connectivity index (χ3n) is 3.94. The molecule has 1 aliphatic rings. The van der Waals surface area contributed by atoms with Crippen LogP contribution in [0.5, 0.6) is 0 Å². The minimum Gasteiger partial charge on any atom is -0.368 e. The second-order valence-corrected chi connectivity index (χ2v) is 5.90. The van der Waals surface area contributed by atoms with E-state index < -0.39 is 5.82 Å². The SMILES string of the molecule is Nc1nc(Nc2cccc(F)c2)nc(-c2noc(C(=O)N3CCCC3)n2)n1. The van der Waals surface area contributed by atoms with Crippen molar-refractivity contribution in [1.82, 2.24) is 30.0 Å². The molecule has 3 aromatic rings. The van der Waals surface area contributed by atoms with Gasteiger partial charge in [0, 0.05) is 18.8 Å². The van der Waals surface area contributed by atoms with Gasteiger partial charge in [0.15, 0.2) is 0 Å². The van der Waals surface area contributed by atoms with E-state index in [0.717, 1.165) is 12.8 Å². The number of nitrogens with zero attached hydrogens (tertiary/aromatic N) is 6. The summed E-state index contributed by atoms with van der Waals surface area (Å²) >= 11 is 0. The molecule has 0 atom stereocenters. The molecule has 1 aromatic carbocycles. The number of hydrogen-bond donors (Lipinski definition) is 2. The molecule has 11 heteroatoms. The number of benzene rings is 1. The average Bonchev–Trinajstić information content (AvgIpc) is 3.33. The van der Waals surface area contributed by atoms with Gasteiger partial charge in [-0.25, -0.2) is 4.39 Å². The normalized spacial score (nSPS) is 13.7. The number of amides is 1. The van der Waals surface area contributed by atoms with Crippen molar-refractivity contribution in [2.45, 2.75) is 12.8 Å². The average molecular weight is 370 g/mol. The van der Waals surface area contributed by atoms with Crippen LogP contribution in [0.2, 0.25) is 0 Å². The lowest BCUT2D eigenvalue weighted by Gasteiger charge is -2.10. The number of aromatic nitrogens is 5. The van der Waals surface area contributed by atoms with Crippen LogP contribution in [0.15, 0.2) is 28.8 Å². The molecule has 1 fully saturated rings. The van der Waals surface area contributed by atoms with Gasteiger partial charge in [0.1, 0.15) is 5.82 Å². The van der Waals surface area contributed by atoms with Crippen molar-refractivity contribution in [2.75, 3.05) is 24.1 Å². The predicted octanol–water partition coefficient (Wildman–Crippen LogP) is 1.62. The smallest absolute Gasteiger partial charge is 0.316 e. The topological polar surface area (TPSA) is 136 Å². The van der Waals surface area contributed by atoms with Crippen LogP contribution >= 0.6 is 0 Å². The van der Waals surface area contributed by atoms with Gasteiger partial charge in [-0.2, -0.15) is 19.9 Å². The Morgan fingerprint density at radius 1 is 1.15 bits per heavy atom. The molecule has 1 aliphatic heterocycles. The summed E-state index contributed by atoms with van der Waals surface area (Å²) in [6.07, 6.45) is 1.90. The van der Waals surface area contributed by atoms with Gasteiger partial charge in [-0.1, -0.05) is 11.2 Å². The summed E-state index contributed by atoms with van der Waals surface area (Å²) in [4.78, 5) is 30.1. The van der Waals surface area contributed by atoms with Gasteiger partial charge >= 0.3 is 11.8 Å². The van der Waals surface area contributed by atoms with Crippen molar-refractivity contribution in [2.24, 2.45) is 0 Å². The van der Waals surface area contributed by atoms with Crippen molar-refractivity contribution < 1.29 is 13.7 Å². The number of nitrogens with two attached hydrogens (primary N) is 1. The summed E-state index contributed by atoms with van der Waals surface area (Å²) in [5, 5.41) is 6.58. The molecule has 0 bridgehead atoms. The molecule has 3 N–H and O–H groups in total. The number of carbonyl (C=O) groups is 1. The van der Waals surface area contributed by atoms with Crippen LogP contribution in [0.1, 0.15) is 23.5 Å². The van der Waals surface area contributed by atoms with Crippen molar-refractivity contribution in [3.63, 3.8) is 0 Å². The molecule has 0 unspecified atom stereocenters. The van der Waals surface area contributed by atoms with E-state index in [4.69, 9.17) is 10.3 Å². The van der Waals surface area contributed by atoms with E-state index in [0.29, 0.717) is 18.8 Å². The number of anilines is 3. The zero-order chi connectivity index (χ0) is 18.8. The van der Waals surface area contributed by atoms with E-state index in [-0.39, 0.29) is 35.3 Å². The highest BCUT2D eigenvalue weighted by Crippen LogP contribution is 2.19. The first-order valence-corrected chi connectivity index (χ1v) is 8.26. The summed E-state index contributed by atoms with van der Waals surface area (Å²) in [5.74, 6) is -0.835. The second kappa shape index (κ2) is 6.94. The Bertz CT molecular complexity index is 986. The summed E-state index contributed by atoms with van der Waals surface area (Å²) in [6, 6.07) is 5.78. The molecule has 138 valence electrons.